The third kappa shape index (κ3) is 4.22. The van der Waals surface area contributed by atoms with Gasteiger partial charge in [0.25, 0.3) is 0 Å². The number of amides is 2. The number of carbonyl (C=O) groups is 1. The number of hydrogen-bond acceptors (Lipinski definition) is 5. The molecule has 1 aliphatic heterocycles. The Bertz CT molecular complexity index is 751. The molecule has 1 fully saturated rings. The van der Waals surface area contributed by atoms with Gasteiger partial charge in [-0.3, -0.25) is 0 Å². The SMILES string of the molecule is CSc1cccc(NC(=O)Nc2c(C)nc(N3CCCC3)nc2C)c1. The number of thioether (sulfide) groups is 1. The summed E-state index contributed by atoms with van der Waals surface area (Å²) >= 11 is 1.64. The fraction of sp³-hybridized carbons (Fsp3) is 0.389. The lowest BCUT2D eigenvalue weighted by Gasteiger charge is -2.18. The van der Waals surface area contributed by atoms with Gasteiger partial charge in [0, 0.05) is 23.7 Å². The second-order valence-electron chi connectivity index (χ2n) is 6.07. The summed E-state index contributed by atoms with van der Waals surface area (Å²) in [6.07, 6.45) is 4.36. The molecule has 0 spiro atoms. The fourth-order valence-corrected chi connectivity index (χ4v) is 3.37. The van der Waals surface area contributed by atoms with E-state index in [1.165, 1.54) is 12.8 Å². The Balaban J connectivity index is 1.72. The Morgan fingerprint density at radius 2 is 1.80 bits per heavy atom. The van der Waals surface area contributed by atoms with Crippen molar-refractivity contribution in [3.05, 3.63) is 35.7 Å². The lowest BCUT2D eigenvalue weighted by molar-refractivity contribution is 0.262. The maximum absolute atomic E-state index is 12.3. The van der Waals surface area contributed by atoms with E-state index in [0.29, 0.717) is 5.69 Å². The number of hydrogen-bond donors (Lipinski definition) is 2. The lowest BCUT2D eigenvalue weighted by Crippen LogP contribution is -2.24. The van der Waals surface area contributed by atoms with E-state index in [9.17, 15) is 4.79 Å². The molecule has 1 aromatic heterocycles. The van der Waals surface area contributed by atoms with Crippen LogP contribution in [0.2, 0.25) is 0 Å². The Labute approximate surface area is 152 Å². The van der Waals surface area contributed by atoms with Crippen LogP contribution in [0.25, 0.3) is 0 Å². The van der Waals surface area contributed by atoms with Gasteiger partial charge in [-0.25, -0.2) is 14.8 Å². The van der Waals surface area contributed by atoms with E-state index in [2.05, 4.69) is 25.5 Å². The zero-order valence-electron chi connectivity index (χ0n) is 14.8. The number of carbonyl (C=O) groups excluding carboxylic acids is 1. The van der Waals surface area contributed by atoms with Crippen LogP contribution in [0.4, 0.5) is 22.1 Å². The average molecular weight is 357 g/mol. The number of aromatic nitrogens is 2. The van der Waals surface area contributed by atoms with E-state index >= 15 is 0 Å². The summed E-state index contributed by atoms with van der Waals surface area (Å²) in [5.41, 5.74) is 2.99. The first-order valence-electron chi connectivity index (χ1n) is 8.39. The van der Waals surface area contributed by atoms with E-state index in [1.807, 2.05) is 44.4 Å². The number of nitrogens with one attached hydrogen (secondary N) is 2. The van der Waals surface area contributed by atoms with Crippen molar-refractivity contribution < 1.29 is 4.79 Å². The van der Waals surface area contributed by atoms with Gasteiger partial charge in [0.1, 0.15) is 0 Å². The molecule has 25 heavy (non-hydrogen) atoms. The molecule has 0 unspecified atom stereocenters. The molecule has 1 aliphatic rings. The minimum atomic E-state index is -0.290. The monoisotopic (exact) mass is 357 g/mol. The van der Waals surface area contributed by atoms with Crippen molar-refractivity contribution in [1.82, 2.24) is 9.97 Å². The van der Waals surface area contributed by atoms with E-state index in [4.69, 9.17) is 0 Å². The number of aryl methyl sites for hydroxylation is 2. The second-order valence-corrected chi connectivity index (χ2v) is 6.95. The molecule has 1 aromatic carbocycles. The summed E-state index contributed by atoms with van der Waals surface area (Å²) in [6.45, 7) is 5.80. The van der Waals surface area contributed by atoms with Gasteiger partial charge in [0.2, 0.25) is 5.95 Å². The van der Waals surface area contributed by atoms with Crippen molar-refractivity contribution in [2.75, 3.05) is 34.9 Å². The molecular weight excluding hydrogens is 334 g/mol. The summed E-state index contributed by atoms with van der Waals surface area (Å²) in [5, 5.41) is 5.74. The first-order chi connectivity index (χ1) is 12.1. The Morgan fingerprint density at radius 1 is 1.12 bits per heavy atom. The van der Waals surface area contributed by atoms with Gasteiger partial charge in [-0.15, -0.1) is 11.8 Å². The largest absolute Gasteiger partial charge is 0.341 e. The highest BCUT2D eigenvalue weighted by atomic mass is 32.2. The molecule has 7 heteroatoms. The predicted octanol–water partition coefficient (Wildman–Crippen LogP) is 4.06. The van der Waals surface area contributed by atoms with Crippen LogP contribution in [0.3, 0.4) is 0 Å². The van der Waals surface area contributed by atoms with Gasteiger partial charge >= 0.3 is 6.03 Å². The van der Waals surface area contributed by atoms with E-state index in [0.717, 1.165) is 41.0 Å². The number of rotatable bonds is 4. The molecule has 0 bridgehead atoms. The molecule has 1 saturated heterocycles. The number of urea groups is 1. The Kier molecular flexibility index (Phi) is 5.43. The van der Waals surface area contributed by atoms with Crippen molar-refractivity contribution in [3.63, 3.8) is 0 Å². The summed E-state index contributed by atoms with van der Waals surface area (Å²) in [7, 11) is 0. The smallest absolute Gasteiger partial charge is 0.323 e. The standard InChI is InChI=1S/C18H23N5OS/c1-12-16(13(2)20-17(19-12)23-9-4-5-10-23)22-18(24)21-14-7-6-8-15(11-14)25-3/h6-8,11H,4-5,9-10H2,1-3H3,(H2,21,22,24). The molecule has 2 heterocycles. The van der Waals surface area contributed by atoms with Crippen LogP contribution in [0, 0.1) is 13.8 Å². The first kappa shape index (κ1) is 17.5. The third-order valence-corrected chi connectivity index (χ3v) is 4.94. The molecule has 0 atom stereocenters. The molecule has 6 nitrogen and oxygen atoms in total. The first-order valence-corrected chi connectivity index (χ1v) is 9.61. The van der Waals surface area contributed by atoms with Crippen LogP contribution < -0.4 is 15.5 Å². The van der Waals surface area contributed by atoms with Crippen molar-refractivity contribution >= 4 is 35.1 Å². The van der Waals surface area contributed by atoms with E-state index < -0.39 is 0 Å². The van der Waals surface area contributed by atoms with Gasteiger partial charge in [-0.1, -0.05) is 6.07 Å². The van der Waals surface area contributed by atoms with Gasteiger partial charge in [0.05, 0.1) is 17.1 Å². The highest BCUT2D eigenvalue weighted by Gasteiger charge is 2.18. The van der Waals surface area contributed by atoms with Gasteiger partial charge in [-0.2, -0.15) is 0 Å². The highest BCUT2D eigenvalue weighted by Crippen LogP contribution is 2.23. The Hall–Kier alpha value is -2.28. The quantitative estimate of drug-likeness (QED) is 0.808. The zero-order valence-corrected chi connectivity index (χ0v) is 15.6. The summed E-state index contributed by atoms with van der Waals surface area (Å²) in [5.74, 6) is 0.756. The minimum absolute atomic E-state index is 0.290. The van der Waals surface area contributed by atoms with Crippen LogP contribution in [-0.2, 0) is 0 Å². The van der Waals surface area contributed by atoms with E-state index in [-0.39, 0.29) is 6.03 Å². The topological polar surface area (TPSA) is 70.2 Å². The third-order valence-electron chi connectivity index (χ3n) is 4.21. The van der Waals surface area contributed by atoms with Crippen LogP contribution in [0.15, 0.2) is 29.2 Å². The molecule has 2 N–H and O–H groups in total. The highest BCUT2D eigenvalue weighted by molar-refractivity contribution is 7.98. The lowest BCUT2D eigenvalue weighted by atomic mass is 10.3. The minimum Gasteiger partial charge on any atom is -0.341 e. The van der Waals surface area contributed by atoms with Crippen LogP contribution >= 0.6 is 11.8 Å². The zero-order chi connectivity index (χ0) is 17.8. The van der Waals surface area contributed by atoms with E-state index in [1.54, 1.807) is 11.8 Å². The second kappa shape index (κ2) is 7.74. The molecule has 0 aliphatic carbocycles. The van der Waals surface area contributed by atoms with Gasteiger partial charge in [-0.05, 0) is 51.1 Å². The number of benzene rings is 1. The maximum atomic E-state index is 12.3. The molecule has 0 saturated carbocycles. The van der Waals surface area contributed by atoms with Crippen molar-refractivity contribution in [1.29, 1.82) is 0 Å². The number of nitrogens with zero attached hydrogens (tertiary/aromatic N) is 3. The summed E-state index contributed by atoms with van der Waals surface area (Å²) in [4.78, 5) is 24.8. The molecule has 0 radical (unpaired) electrons. The van der Waals surface area contributed by atoms with Gasteiger partial charge in [0.15, 0.2) is 0 Å². The summed E-state index contributed by atoms with van der Waals surface area (Å²) in [6, 6.07) is 7.45. The molecule has 3 rings (SSSR count). The fourth-order valence-electron chi connectivity index (χ4n) is 2.91. The normalized spacial score (nSPS) is 13.8. The van der Waals surface area contributed by atoms with Crippen molar-refractivity contribution in [2.24, 2.45) is 0 Å². The van der Waals surface area contributed by atoms with Crippen molar-refractivity contribution in [3.8, 4) is 0 Å². The maximum Gasteiger partial charge on any atom is 0.323 e. The molecule has 2 amide bonds. The predicted molar refractivity (Wildman–Crippen MR) is 104 cm³/mol. The van der Waals surface area contributed by atoms with Crippen LogP contribution in [-0.4, -0.2) is 35.3 Å². The van der Waals surface area contributed by atoms with Crippen LogP contribution in [0.5, 0.6) is 0 Å². The molecular formula is C18H23N5OS. The molecule has 132 valence electrons. The van der Waals surface area contributed by atoms with Gasteiger partial charge < -0.3 is 15.5 Å². The summed E-state index contributed by atoms with van der Waals surface area (Å²) < 4.78 is 0. The average Bonchev–Trinajstić information content (AvgIpc) is 3.12. The van der Waals surface area contributed by atoms with Crippen molar-refractivity contribution in [2.45, 2.75) is 31.6 Å². The van der Waals surface area contributed by atoms with Crippen LogP contribution in [0.1, 0.15) is 24.2 Å². The molecule has 2 aromatic rings. The Morgan fingerprint density at radius 3 is 2.44 bits per heavy atom. The number of anilines is 3.